The zero-order chi connectivity index (χ0) is 15.2. The maximum Gasteiger partial charge on any atom is 0.0472 e. The highest BCUT2D eigenvalue weighted by Crippen LogP contribution is 2.25. The second kappa shape index (κ2) is 7.34. The number of benzene rings is 1. The van der Waals surface area contributed by atoms with Crippen LogP contribution >= 0.6 is 0 Å². The summed E-state index contributed by atoms with van der Waals surface area (Å²) in [5.41, 5.74) is 11.2. The molecule has 21 heavy (non-hydrogen) atoms. The van der Waals surface area contributed by atoms with Gasteiger partial charge in [-0.1, -0.05) is 24.3 Å². The Kier molecular flexibility index (Phi) is 5.48. The Morgan fingerprint density at radius 2 is 1.81 bits per heavy atom. The van der Waals surface area contributed by atoms with Crippen LogP contribution in [-0.4, -0.2) is 30.0 Å². The van der Waals surface area contributed by atoms with Crippen LogP contribution in [0.1, 0.15) is 28.4 Å². The van der Waals surface area contributed by atoms with Crippen molar-refractivity contribution >= 4 is 0 Å². The van der Waals surface area contributed by atoms with Crippen LogP contribution < -0.4 is 5.73 Å². The first kappa shape index (κ1) is 15.7. The maximum absolute atomic E-state index is 6.06. The fourth-order valence-electron chi connectivity index (χ4n) is 2.86. The summed E-state index contributed by atoms with van der Waals surface area (Å²) in [6.07, 6.45) is 2.79. The van der Waals surface area contributed by atoms with Crippen LogP contribution in [0.25, 0.3) is 0 Å². The largest absolute Gasteiger partial charge is 0.329 e. The van der Waals surface area contributed by atoms with Crippen LogP contribution in [0.5, 0.6) is 0 Å². The molecule has 1 aromatic heterocycles. The SMILES string of the molecule is Cc1cccc(C)c1C(CN)N(C)CCc1ccccn1. The molecule has 0 amide bonds. The fraction of sp³-hybridized carbons (Fsp3) is 0.389. The average molecular weight is 283 g/mol. The molecule has 1 heterocycles. The normalized spacial score (nSPS) is 12.6. The van der Waals surface area contributed by atoms with E-state index < -0.39 is 0 Å². The van der Waals surface area contributed by atoms with Gasteiger partial charge in [-0.05, 0) is 49.7 Å². The Hall–Kier alpha value is -1.71. The second-order valence-electron chi connectivity index (χ2n) is 5.61. The van der Waals surface area contributed by atoms with E-state index >= 15 is 0 Å². The van der Waals surface area contributed by atoms with E-state index in [0.717, 1.165) is 18.7 Å². The molecule has 1 atom stereocenters. The lowest BCUT2D eigenvalue weighted by Crippen LogP contribution is -2.33. The van der Waals surface area contributed by atoms with Gasteiger partial charge in [-0.15, -0.1) is 0 Å². The first-order valence-electron chi connectivity index (χ1n) is 7.49. The van der Waals surface area contributed by atoms with Crippen LogP contribution in [-0.2, 0) is 6.42 Å². The predicted octanol–water partition coefficient (Wildman–Crippen LogP) is 2.87. The van der Waals surface area contributed by atoms with Gasteiger partial charge in [0.1, 0.15) is 0 Å². The monoisotopic (exact) mass is 283 g/mol. The van der Waals surface area contributed by atoms with Gasteiger partial charge in [0.2, 0.25) is 0 Å². The Morgan fingerprint density at radius 1 is 1.10 bits per heavy atom. The van der Waals surface area contributed by atoms with Crippen molar-refractivity contribution < 1.29 is 0 Å². The van der Waals surface area contributed by atoms with Crippen LogP contribution in [0, 0.1) is 13.8 Å². The zero-order valence-electron chi connectivity index (χ0n) is 13.2. The minimum absolute atomic E-state index is 0.259. The van der Waals surface area contributed by atoms with Crippen LogP contribution in [0.15, 0.2) is 42.6 Å². The Bertz CT molecular complexity index is 546. The highest BCUT2D eigenvalue weighted by atomic mass is 15.1. The highest BCUT2D eigenvalue weighted by molar-refractivity contribution is 5.36. The van der Waals surface area contributed by atoms with Gasteiger partial charge in [0.05, 0.1) is 0 Å². The molecule has 1 unspecified atom stereocenters. The van der Waals surface area contributed by atoms with Gasteiger partial charge in [-0.25, -0.2) is 0 Å². The van der Waals surface area contributed by atoms with E-state index in [1.807, 2.05) is 18.3 Å². The first-order chi connectivity index (χ1) is 10.1. The van der Waals surface area contributed by atoms with Crippen LogP contribution in [0.4, 0.5) is 0 Å². The summed E-state index contributed by atoms with van der Waals surface area (Å²) >= 11 is 0. The van der Waals surface area contributed by atoms with Crippen molar-refractivity contribution in [1.82, 2.24) is 9.88 Å². The summed E-state index contributed by atoms with van der Waals surface area (Å²) in [6.45, 7) is 5.91. The smallest absolute Gasteiger partial charge is 0.0472 e. The topological polar surface area (TPSA) is 42.1 Å². The van der Waals surface area contributed by atoms with Crippen molar-refractivity contribution in [3.63, 3.8) is 0 Å². The number of likely N-dealkylation sites (N-methyl/N-ethyl adjacent to an activating group) is 1. The number of pyridine rings is 1. The molecule has 2 aromatic rings. The van der Waals surface area contributed by atoms with E-state index in [1.165, 1.54) is 16.7 Å². The number of aromatic nitrogens is 1. The first-order valence-corrected chi connectivity index (χ1v) is 7.49. The van der Waals surface area contributed by atoms with Crippen molar-refractivity contribution in [3.05, 3.63) is 65.0 Å². The molecular weight excluding hydrogens is 258 g/mol. The summed E-state index contributed by atoms with van der Waals surface area (Å²) in [5, 5.41) is 0. The number of hydrogen-bond donors (Lipinski definition) is 1. The summed E-state index contributed by atoms with van der Waals surface area (Å²) in [5.74, 6) is 0. The molecular formula is C18H25N3. The molecule has 3 nitrogen and oxygen atoms in total. The van der Waals surface area contributed by atoms with E-state index in [9.17, 15) is 0 Å². The Labute approximate surface area is 127 Å². The molecule has 0 bridgehead atoms. The van der Waals surface area contributed by atoms with Gasteiger partial charge in [-0.2, -0.15) is 0 Å². The summed E-state index contributed by atoms with van der Waals surface area (Å²) in [4.78, 5) is 6.72. The molecule has 0 fully saturated rings. The molecule has 0 aliphatic heterocycles. The van der Waals surface area contributed by atoms with E-state index in [0.29, 0.717) is 6.54 Å². The molecule has 3 heteroatoms. The molecule has 0 spiro atoms. The molecule has 0 aliphatic rings. The molecule has 2 N–H and O–H groups in total. The summed E-state index contributed by atoms with van der Waals surface area (Å²) < 4.78 is 0. The highest BCUT2D eigenvalue weighted by Gasteiger charge is 2.19. The van der Waals surface area contributed by atoms with Crippen molar-refractivity contribution in [3.8, 4) is 0 Å². The lowest BCUT2D eigenvalue weighted by Gasteiger charge is -2.29. The molecule has 0 saturated heterocycles. The van der Waals surface area contributed by atoms with E-state index in [4.69, 9.17) is 5.73 Å². The quantitative estimate of drug-likeness (QED) is 0.886. The van der Waals surface area contributed by atoms with Crippen LogP contribution in [0.3, 0.4) is 0 Å². The van der Waals surface area contributed by atoms with Gasteiger partial charge in [0.25, 0.3) is 0 Å². The molecule has 0 radical (unpaired) electrons. The molecule has 112 valence electrons. The van der Waals surface area contributed by atoms with Gasteiger partial charge in [0.15, 0.2) is 0 Å². The average Bonchev–Trinajstić information content (AvgIpc) is 2.50. The minimum Gasteiger partial charge on any atom is -0.329 e. The third kappa shape index (κ3) is 3.90. The third-order valence-electron chi connectivity index (χ3n) is 4.08. The Morgan fingerprint density at radius 3 is 2.38 bits per heavy atom. The zero-order valence-corrected chi connectivity index (χ0v) is 13.2. The molecule has 0 aliphatic carbocycles. The predicted molar refractivity (Wildman–Crippen MR) is 88.3 cm³/mol. The van der Waals surface area contributed by atoms with E-state index in [-0.39, 0.29) is 6.04 Å². The van der Waals surface area contributed by atoms with Crippen molar-refractivity contribution in [2.45, 2.75) is 26.3 Å². The molecule has 0 saturated carbocycles. The van der Waals surface area contributed by atoms with Gasteiger partial charge in [-0.3, -0.25) is 9.88 Å². The van der Waals surface area contributed by atoms with Crippen molar-refractivity contribution in [2.75, 3.05) is 20.1 Å². The van der Waals surface area contributed by atoms with Crippen molar-refractivity contribution in [1.29, 1.82) is 0 Å². The lowest BCUT2D eigenvalue weighted by atomic mass is 9.95. The standard InChI is InChI=1S/C18H25N3/c1-14-7-6-8-15(2)18(14)17(13-19)21(3)12-10-16-9-4-5-11-20-16/h4-9,11,17H,10,12-13,19H2,1-3H3. The lowest BCUT2D eigenvalue weighted by molar-refractivity contribution is 0.251. The number of aryl methyl sites for hydroxylation is 2. The van der Waals surface area contributed by atoms with Crippen molar-refractivity contribution in [2.24, 2.45) is 5.73 Å². The van der Waals surface area contributed by atoms with E-state index in [1.54, 1.807) is 0 Å². The van der Waals surface area contributed by atoms with Crippen LogP contribution in [0.2, 0.25) is 0 Å². The van der Waals surface area contributed by atoms with Gasteiger partial charge < -0.3 is 5.73 Å². The maximum atomic E-state index is 6.06. The Balaban J connectivity index is 2.10. The molecule has 1 aromatic carbocycles. The minimum atomic E-state index is 0.259. The fourth-order valence-corrected chi connectivity index (χ4v) is 2.86. The summed E-state index contributed by atoms with van der Waals surface area (Å²) in [6, 6.07) is 12.8. The number of nitrogens with zero attached hydrogens (tertiary/aromatic N) is 2. The number of nitrogens with two attached hydrogens (primary N) is 1. The number of rotatable bonds is 6. The second-order valence-corrected chi connectivity index (χ2v) is 5.61. The molecule has 2 rings (SSSR count). The summed E-state index contributed by atoms with van der Waals surface area (Å²) in [7, 11) is 2.15. The third-order valence-corrected chi connectivity index (χ3v) is 4.08. The van der Waals surface area contributed by atoms with Gasteiger partial charge in [0, 0.05) is 37.4 Å². The van der Waals surface area contributed by atoms with Gasteiger partial charge >= 0.3 is 0 Å². The number of hydrogen-bond acceptors (Lipinski definition) is 3. The van der Waals surface area contributed by atoms with E-state index in [2.05, 4.69) is 55.0 Å².